The van der Waals surface area contributed by atoms with Crippen LogP contribution in [0.25, 0.3) is 11.4 Å². The van der Waals surface area contributed by atoms with E-state index < -0.39 is 29.2 Å². The summed E-state index contributed by atoms with van der Waals surface area (Å²) in [5.41, 5.74) is 7.01. The number of rotatable bonds is 10. The van der Waals surface area contributed by atoms with Gasteiger partial charge in [0.05, 0.1) is 7.11 Å². The lowest BCUT2D eigenvalue weighted by Crippen LogP contribution is -2.71. The van der Waals surface area contributed by atoms with Gasteiger partial charge in [0.25, 0.3) is 11.8 Å². The van der Waals surface area contributed by atoms with Crippen molar-refractivity contribution in [3.63, 3.8) is 0 Å². The Morgan fingerprint density at radius 3 is 2.66 bits per heavy atom. The standard InChI is InChI=1S/C24H24N8O6S3/c1-31-24(28-18(29-31)11-4-6-13(37-2)7-5-11)41-9-12-8-39-21-16(20(34)32(21)17(12)22(35)36)27-19(33)15(30-38-3)14-10-40-23(25)26-14/h4-7,10,16,21H,8-9H2,1-3H3,(H2,25,26)(H,27,33)(H,35,36)/b30-15-/t16-,21-/m1/s1. The maximum atomic E-state index is 13.1. The van der Waals surface area contributed by atoms with Crippen molar-refractivity contribution in [1.82, 2.24) is 30.0 Å². The fourth-order valence-corrected chi connectivity index (χ4v) is 7.15. The van der Waals surface area contributed by atoms with Gasteiger partial charge in [-0.1, -0.05) is 16.9 Å². The maximum Gasteiger partial charge on any atom is 0.352 e. The zero-order valence-electron chi connectivity index (χ0n) is 21.9. The summed E-state index contributed by atoms with van der Waals surface area (Å²) in [6.07, 6.45) is 0. The van der Waals surface area contributed by atoms with Crippen LogP contribution in [0.4, 0.5) is 5.13 Å². The molecule has 1 aromatic carbocycles. The summed E-state index contributed by atoms with van der Waals surface area (Å²) in [5, 5.41) is 22.6. The fourth-order valence-electron chi connectivity index (χ4n) is 4.21. The number of benzene rings is 1. The minimum atomic E-state index is -1.22. The number of nitrogen functional groups attached to an aromatic ring is 1. The number of carbonyl (C=O) groups excluding carboxylic acids is 2. The number of hydrogen-bond acceptors (Lipinski definition) is 13. The highest BCUT2D eigenvalue weighted by Crippen LogP contribution is 2.41. The zero-order chi connectivity index (χ0) is 29.3. The van der Waals surface area contributed by atoms with E-state index in [2.05, 4.69) is 25.5 Å². The van der Waals surface area contributed by atoms with Crippen molar-refractivity contribution in [2.75, 3.05) is 31.5 Å². The van der Waals surface area contributed by atoms with Gasteiger partial charge in [0.1, 0.15) is 35.7 Å². The number of carboxylic acids is 1. The summed E-state index contributed by atoms with van der Waals surface area (Å²) in [6.45, 7) is 0. The van der Waals surface area contributed by atoms with Crippen molar-refractivity contribution in [2.24, 2.45) is 12.2 Å². The number of nitrogens with one attached hydrogen (secondary N) is 1. The number of nitrogens with zero attached hydrogens (tertiary/aromatic N) is 6. The Balaban J connectivity index is 1.29. The highest BCUT2D eigenvalue weighted by atomic mass is 32.2. The van der Waals surface area contributed by atoms with E-state index in [9.17, 15) is 19.5 Å². The van der Waals surface area contributed by atoms with Crippen LogP contribution in [0.5, 0.6) is 5.75 Å². The number of nitrogens with two attached hydrogens (primary N) is 1. The number of amides is 2. The lowest BCUT2D eigenvalue weighted by Gasteiger charge is -2.49. The Labute approximate surface area is 246 Å². The van der Waals surface area contributed by atoms with Crippen molar-refractivity contribution in [2.45, 2.75) is 16.6 Å². The van der Waals surface area contributed by atoms with Crippen LogP contribution in [0.1, 0.15) is 5.69 Å². The van der Waals surface area contributed by atoms with Gasteiger partial charge in [-0.05, 0) is 29.8 Å². The minimum Gasteiger partial charge on any atom is -0.497 e. The second kappa shape index (κ2) is 11.8. The molecule has 0 aliphatic carbocycles. The first-order chi connectivity index (χ1) is 19.7. The van der Waals surface area contributed by atoms with Gasteiger partial charge in [-0.15, -0.1) is 23.1 Å². The van der Waals surface area contributed by atoms with Crippen LogP contribution in [0.2, 0.25) is 0 Å². The van der Waals surface area contributed by atoms with E-state index >= 15 is 0 Å². The summed E-state index contributed by atoms with van der Waals surface area (Å²) >= 11 is 3.81. The topological polar surface area (TPSA) is 187 Å². The predicted octanol–water partition coefficient (Wildman–Crippen LogP) is 1.41. The molecule has 1 fully saturated rings. The summed E-state index contributed by atoms with van der Waals surface area (Å²) in [7, 11) is 4.63. The SMILES string of the molecule is CO/N=C(\C(=O)N[C@@H]1C(=O)N2C(C(=O)O)=C(CSc3nc(-c4ccc(OC)cc4)nn3C)CS[C@H]12)c1csc(N)n1. The lowest BCUT2D eigenvalue weighted by molar-refractivity contribution is -0.150. The van der Waals surface area contributed by atoms with Crippen LogP contribution >= 0.6 is 34.9 Å². The molecule has 0 saturated carbocycles. The van der Waals surface area contributed by atoms with Crippen molar-refractivity contribution >= 4 is 63.5 Å². The number of aromatic nitrogens is 4. The quantitative estimate of drug-likeness (QED) is 0.129. The molecule has 0 radical (unpaired) electrons. The molecule has 2 atom stereocenters. The lowest BCUT2D eigenvalue weighted by atomic mass is 10.0. The summed E-state index contributed by atoms with van der Waals surface area (Å²) in [6, 6.07) is 6.40. The number of ether oxygens (including phenoxy) is 1. The maximum absolute atomic E-state index is 13.1. The number of carbonyl (C=O) groups is 3. The number of fused-ring (bicyclic) bond motifs is 1. The van der Waals surface area contributed by atoms with E-state index in [1.165, 1.54) is 35.5 Å². The molecule has 5 rings (SSSR count). The largest absolute Gasteiger partial charge is 0.497 e. The van der Waals surface area contributed by atoms with Crippen molar-refractivity contribution in [1.29, 1.82) is 0 Å². The first-order valence-electron chi connectivity index (χ1n) is 11.9. The van der Waals surface area contributed by atoms with Gasteiger partial charge in [0, 0.05) is 29.5 Å². The van der Waals surface area contributed by atoms with Gasteiger partial charge in [-0.2, -0.15) is 5.10 Å². The zero-order valence-corrected chi connectivity index (χ0v) is 24.4. The highest BCUT2D eigenvalue weighted by Gasteiger charge is 2.54. The third kappa shape index (κ3) is 5.59. The van der Waals surface area contributed by atoms with Crippen molar-refractivity contribution in [3.8, 4) is 17.1 Å². The number of hydrogen-bond donors (Lipinski definition) is 3. The smallest absolute Gasteiger partial charge is 0.352 e. The molecule has 3 aromatic rings. The molecule has 17 heteroatoms. The van der Waals surface area contributed by atoms with Crippen LogP contribution in [-0.4, -0.2) is 90.4 Å². The Hall–Kier alpha value is -4.09. The molecule has 2 amide bonds. The number of oxime groups is 1. The van der Waals surface area contributed by atoms with Gasteiger partial charge >= 0.3 is 5.97 Å². The van der Waals surface area contributed by atoms with Crippen molar-refractivity contribution in [3.05, 3.63) is 46.6 Å². The number of anilines is 1. The molecule has 2 aromatic heterocycles. The second-order valence-corrected chi connectivity index (χ2v) is 11.6. The number of carboxylic acid groups (broad SMARTS) is 1. The summed E-state index contributed by atoms with van der Waals surface area (Å²) < 4.78 is 6.82. The average Bonchev–Trinajstić information content (AvgIpc) is 3.57. The van der Waals surface area contributed by atoms with Crippen LogP contribution in [0.3, 0.4) is 0 Å². The number of thiazole rings is 1. The Bertz CT molecular complexity index is 1570. The molecule has 0 spiro atoms. The Morgan fingerprint density at radius 2 is 2.02 bits per heavy atom. The third-order valence-corrected chi connectivity index (χ3v) is 9.27. The minimum absolute atomic E-state index is 0.0904. The molecule has 14 nitrogen and oxygen atoms in total. The van der Waals surface area contributed by atoms with E-state index in [1.54, 1.807) is 24.2 Å². The number of aryl methyl sites for hydroxylation is 1. The van der Waals surface area contributed by atoms with Crippen LogP contribution in [0, 0.1) is 0 Å². The van der Waals surface area contributed by atoms with Crippen molar-refractivity contribution < 1.29 is 29.1 Å². The summed E-state index contributed by atoms with van der Waals surface area (Å²) in [4.78, 5) is 52.9. The van der Waals surface area contributed by atoms with E-state index in [-0.39, 0.29) is 28.0 Å². The number of thioether (sulfide) groups is 2. The van der Waals surface area contributed by atoms with E-state index in [1.807, 2.05) is 24.3 Å². The third-order valence-electron chi connectivity index (χ3n) is 6.15. The molecule has 0 bridgehead atoms. The van der Waals surface area contributed by atoms with Crippen LogP contribution in [0.15, 0.2) is 51.2 Å². The summed E-state index contributed by atoms with van der Waals surface area (Å²) in [5.74, 6) is -0.571. The molecule has 0 unspecified atom stereocenters. The van der Waals surface area contributed by atoms with E-state index in [4.69, 9.17) is 15.3 Å². The van der Waals surface area contributed by atoms with Gasteiger partial charge in [-0.25, -0.2) is 19.4 Å². The number of aliphatic carboxylic acids is 1. The number of β-lactam (4-membered cyclic amide) rings is 1. The van der Waals surface area contributed by atoms with Gasteiger partial charge in [0.2, 0.25) is 0 Å². The normalized spacial score (nSPS) is 18.6. The molecular formula is C24H24N8O6S3. The van der Waals surface area contributed by atoms with Crippen LogP contribution < -0.4 is 15.8 Å². The molecule has 2 aliphatic heterocycles. The molecule has 4 N–H and O–H groups in total. The van der Waals surface area contributed by atoms with E-state index in [0.717, 1.165) is 22.6 Å². The molecule has 41 heavy (non-hydrogen) atoms. The van der Waals surface area contributed by atoms with E-state index in [0.29, 0.717) is 22.3 Å². The molecule has 4 heterocycles. The molecule has 1 saturated heterocycles. The first-order valence-corrected chi connectivity index (χ1v) is 14.8. The van der Waals surface area contributed by atoms with Gasteiger partial charge in [0.15, 0.2) is 21.8 Å². The second-order valence-electron chi connectivity index (χ2n) is 8.67. The van der Waals surface area contributed by atoms with Gasteiger partial charge < -0.3 is 25.7 Å². The molecule has 214 valence electrons. The van der Waals surface area contributed by atoms with Gasteiger partial charge in [-0.3, -0.25) is 14.5 Å². The van der Waals surface area contributed by atoms with Crippen LogP contribution in [-0.2, 0) is 26.3 Å². The first kappa shape index (κ1) is 28.4. The monoisotopic (exact) mass is 616 g/mol. The predicted molar refractivity (Wildman–Crippen MR) is 153 cm³/mol. The average molecular weight is 617 g/mol. The molecule has 2 aliphatic rings. The molecular weight excluding hydrogens is 593 g/mol. The fraction of sp³-hybridized carbons (Fsp3) is 0.292. The number of methoxy groups -OCH3 is 1. The highest BCUT2D eigenvalue weighted by molar-refractivity contribution is 8.01. The Morgan fingerprint density at radius 1 is 1.27 bits per heavy atom. The Kier molecular flexibility index (Phi) is 8.18.